The minimum atomic E-state index is -2.26. The van der Waals surface area contributed by atoms with Gasteiger partial charge in [-0.3, -0.25) is 0 Å². The molecular weight excluding hydrogens is 352 g/mol. The van der Waals surface area contributed by atoms with E-state index in [1.165, 1.54) is 0 Å². The van der Waals surface area contributed by atoms with Gasteiger partial charge in [0, 0.05) is 0 Å². The topological polar surface area (TPSA) is 52.8 Å². The van der Waals surface area contributed by atoms with Crippen LogP contribution in [0.5, 0.6) is 0 Å². The summed E-state index contributed by atoms with van der Waals surface area (Å²) in [5, 5.41) is 0. The number of rotatable bonds is 14. The molecule has 7 heteroatoms. The van der Waals surface area contributed by atoms with Crippen LogP contribution in [0, 0.1) is 0 Å². The highest BCUT2D eigenvalue weighted by molar-refractivity contribution is 6.86. The van der Waals surface area contributed by atoms with Gasteiger partial charge in [-0.1, -0.05) is 26.7 Å². The Hall–Kier alpha value is 0.234. The summed E-state index contributed by atoms with van der Waals surface area (Å²) in [6.07, 6.45) is 4.83. The number of epoxide rings is 2. The average molecular weight is 391 g/mol. The van der Waals surface area contributed by atoms with Crippen molar-refractivity contribution in [2.45, 2.75) is 89.4 Å². The van der Waals surface area contributed by atoms with E-state index in [-0.39, 0.29) is 23.7 Å². The summed E-state index contributed by atoms with van der Waals surface area (Å²) in [5.41, 5.74) is 0.315. The van der Waals surface area contributed by atoms with Crippen LogP contribution in [-0.4, -0.2) is 66.7 Å². The SMILES string of the molecule is CCCC(OCC1CO1)[Si](C)(O[Si](C)(C)C)C(CCC)OCC1CO1. The fourth-order valence-electron chi connectivity index (χ4n) is 3.37. The summed E-state index contributed by atoms with van der Waals surface area (Å²) in [7, 11) is -3.98. The van der Waals surface area contributed by atoms with Crippen molar-refractivity contribution in [1.29, 1.82) is 0 Å². The van der Waals surface area contributed by atoms with E-state index in [0.29, 0.717) is 13.2 Å². The molecule has 0 aromatic heterocycles. The Bertz CT molecular complexity index is 367. The van der Waals surface area contributed by atoms with Gasteiger partial charge >= 0.3 is 0 Å². The molecule has 0 radical (unpaired) electrons. The summed E-state index contributed by atoms with van der Waals surface area (Å²) in [5.74, 6) is 0. The van der Waals surface area contributed by atoms with Gasteiger partial charge in [-0.05, 0) is 39.0 Å². The Labute approximate surface area is 156 Å². The maximum absolute atomic E-state index is 6.91. The lowest BCUT2D eigenvalue weighted by atomic mass is 10.3. The number of hydrogen-bond donors (Lipinski definition) is 0. The van der Waals surface area contributed by atoms with Gasteiger partial charge < -0.3 is 23.1 Å². The van der Waals surface area contributed by atoms with Crippen LogP contribution in [0.2, 0.25) is 26.2 Å². The molecule has 2 saturated heterocycles. The molecule has 0 spiro atoms. The molecule has 0 aliphatic carbocycles. The summed E-state index contributed by atoms with van der Waals surface area (Å²) < 4.78 is 30.4. The molecule has 2 aliphatic rings. The third-order valence-corrected chi connectivity index (χ3v) is 12.4. The Kier molecular flexibility index (Phi) is 8.13. The summed E-state index contributed by atoms with van der Waals surface area (Å²) >= 11 is 0. The summed E-state index contributed by atoms with van der Waals surface area (Å²) in [4.78, 5) is 0. The minimum Gasteiger partial charge on any atom is -0.453 e. The molecule has 148 valence electrons. The zero-order chi connectivity index (χ0) is 18.5. The molecule has 0 bridgehead atoms. The maximum atomic E-state index is 6.91. The first-order valence-electron chi connectivity index (χ1n) is 9.95. The predicted molar refractivity (Wildman–Crippen MR) is 105 cm³/mol. The molecule has 4 unspecified atom stereocenters. The smallest absolute Gasteiger partial charge is 0.235 e. The van der Waals surface area contributed by atoms with Gasteiger partial charge in [-0.25, -0.2) is 0 Å². The van der Waals surface area contributed by atoms with Gasteiger partial charge in [-0.2, -0.15) is 0 Å². The monoisotopic (exact) mass is 390 g/mol. The lowest BCUT2D eigenvalue weighted by Crippen LogP contribution is -2.63. The van der Waals surface area contributed by atoms with Crippen LogP contribution in [0.4, 0.5) is 0 Å². The van der Waals surface area contributed by atoms with Crippen molar-refractivity contribution in [3.8, 4) is 0 Å². The summed E-state index contributed by atoms with van der Waals surface area (Å²) in [6.45, 7) is 16.7. The fourth-order valence-corrected chi connectivity index (χ4v) is 12.7. The van der Waals surface area contributed by atoms with Crippen LogP contribution in [0.3, 0.4) is 0 Å². The van der Waals surface area contributed by atoms with Crippen LogP contribution < -0.4 is 0 Å². The van der Waals surface area contributed by atoms with Crippen LogP contribution >= 0.6 is 0 Å². The Morgan fingerprint density at radius 2 is 1.24 bits per heavy atom. The van der Waals surface area contributed by atoms with Crippen molar-refractivity contribution >= 4 is 16.6 Å². The lowest BCUT2D eigenvalue weighted by molar-refractivity contribution is 0.0350. The van der Waals surface area contributed by atoms with E-state index in [1.807, 2.05) is 0 Å². The van der Waals surface area contributed by atoms with E-state index in [0.717, 1.165) is 38.9 Å². The molecule has 2 aliphatic heterocycles. The van der Waals surface area contributed by atoms with Crippen molar-refractivity contribution in [3.05, 3.63) is 0 Å². The Morgan fingerprint density at radius 1 is 0.840 bits per heavy atom. The highest BCUT2D eigenvalue weighted by Gasteiger charge is 2.50. The predicted octanol–water partition coefficient (Wildman–Crippen LogP) is 3.66. The third kappa shape index (κ3) is 7.40. The first-order valence-corrected chi connectivity index (χ1v) is 15.9. The second kappa shape index (κ2) is 9.44. The van der Waals surface area contributed by atoms with Gasteiger partial charge in [0.05, 0.1) is 37.9 Å². The number of ether oxygens (including phenoxy) is 4. The van der Waals surface area contributed by atoms with Crippen molar-refractivity contribution in [2.24, 2.45) is 0 Å². The normalized spacial score (nSPS) is 27.6. The van der Waals surface area contributed by atoms with E-state index in [4.69, 9.17) is 23.1 Å². The molecule has 0 aromatic rings. The second-order valence-corrected chi connectivity index (χ2v) is 17.2. The molecular formula is C18H38O5Si2. The molecule has 0 saturated carbocycles. The van der Waals surface area contributed by atoms with E-state index in [2.05, 4.69) is 40.0 Å². The summed E-state index contributed by atoms with van der Waals surface area (Å²) in [6, 6.07) is 0. The quantitative estimate of drug-likeness (QED) is 0.335. The van der Waals surface area contributed by atoms with Crippen LogP contribution in [0.1, 0.15) is 39.5 Å². The van der Waals surface area contributed by atoms with E-state index < -0.39 is 16.6 Å². The van der Waals surface area contributed by atoms with Gasteiger partial charge in [0.2, 0.25) is 8.32 Å². The highest BCUT2D eigenvalue weighted by atomic mass is 28.4. The molecule has 25 heavy (non-hydrogen) atoms. The molecule has 0 amide bonds. The van der Waals surface area contributed by atoms with Gasteiger partial charge in [0.25, 0.3) is 0 Å². The van der Waals surface area contributed by atoms with Crippen molar-refractivity contribution < 1.29 is 23.1 Å². The maximum Gasteiger partial charge on any atom is 0.235 e. The zero-order valence-electron chi connectivity index (χ0n) is 17.0. The minimum absolute atomic E-state index is 0.157. The first kappa shape index (κ1) is 21.5. The molecule has 2 rings (SSSR count). The average Bonchev–Trinajstić information content (AvgIpc) is 3.40. The molecule has 0 aromatic carbocycles. The van der Waals surface area contributed by atoms with Gasteiger partial charge in [0.15, 0.2) is 8.32 Å². The largest absolute Gasteiger partial charge is 0.453 e. The van der Waals surface area contributed by atoms with Crippen molar-refractivity contribution in [2.75, 3.05) is 26.4 Å². The second-order valence-electron chi connectivity index (χ2n) is 8.53. The van der Waals surface area contributed by atoms with Crippen molar-refractivity contribution in [1.82, 2.24) is 0 Å². The third-order valence-electron chi connectivity index (χ3n) is 4.68. The lowest BCUT2D eigenvalue weighted by Gasteiger charge is -2.44. The Balaban J connectivity index is 2.15. The van der Waals surface area contributed by atoms with Gasteiger partial charge in [-0.15, -0.1) is 0 Å². The highest BCUT2D eigenvalue weighted by Crippen LogP contribution is 2.31. The van der Waals surface area contributed by atoms with E-state index >= 15 is 0 Å². The molecule has 2 heterocycles. The van der Waals surface area contributed by atoms with E-state index in [1.54, 1.807) is 0 Å². The molecule has 2 fully saturated rings. The zero-order valence-corrected chi connectivity index (χ0v) is 19.0. The Morgan fingerprint density at radius 3 is 1.52 bits per heavy atom. The molecule has 4 atom stereocenters. The van der Waals surface area contributed by atoms with Crippen molar-refractivity contribution in [3.63, 3.8) is 0 Å². The standard InChI is InChI=1S/C18H38O5Si2/c1-7-9-17(21-13-15-11-19-15)25(6,23-24(3,4)5)18(10-8-2)22-14-16-12-20-16/h15-18H,7-14H2,1-6H3. The van der Waals surface area contributed by atoms with E-state index in [9.17, 15) is 0 Å². The molecule has 0 N–H and O–H groups in total. The van der Waals surface area contributed by atoms with Crippen LogP contribution in [0.25, 0.3) is 0 Å². The molecule has 5 nitrogen and oxygen atoms in total. The fraction of sp³-hybridized carbons (Fsp3) is 1.00. The van der Waals surface area contributed by atoms with Crippen LogP contribution in [-0.2, 0) is 23.1 Å². The van der Waals surface area contributed by atoms with Crippen LogP contribution in [0.15, 0.2) is 0 Å². The van der Waals surface area contributed by atoms with Gasteiger partial charge in [0.1, 0.15) is 12.2 Å². The number of hydrogen-bond acceptors (Lipinski definition) is 5. The first-order chi connectivity index (χ1) is 11.8.